The Bertz CT molecular complexity index is 457. The fourth-order valence-electron chi connectivity index (χ4n) is 1.60. The summed E-state index contributed by atoms with van der Waals surface area (Å²) in [5, 5.41) is 0. The lowest BCUT2D eigenvalue weighted by atomic mass is 10.0. The van der Waals surface area contributed by atoms with Gasteiger partial charge in [0.25, 0.3) is 0 Å². The first-order chi connectivity index (χ1) is 7.90. The summed E-state index contributed by atoms with van der Waals surface area (Å²) in [6.07, 6.45) is 1.88. The molecule has 0 aliphatic carbocycles. The summed E-state index contributed by atoms with van der Waals surface area (Å²) in [7, 11) is 0. The van der Waals surface area contributed by atoms with Gasteiger partial charge in [0.1, 0.15) is 6.67 Å². The van der Waals surface area contributed by atoms with Crippen molar-refractivity contribution >= 4 is 11.6 Å². The number of benzene rings is 2. The Labute approximate surface area is 95.1 Å². The topological polar surface area (TPSA) is 0 Å². The molecule has 0 amide bonds. The van der Waals surface area contributed by atoms with E-state index in [1.54, 1.807) is 0 Å². The number of hydrogen-bond donors (Lipinski definition) is 0. The van der Waals surface area contributed by atoms with Gasteiger partial charge in [0.05, 0.1) is 0 Å². The molecule has 0 N–H and O–H groups in total. The monoisotopic (exact) mass is 212 g/mol. The summed E-state index contributed by atoms with van der Waals surface area (Å²) in [5.41, 5.74) is 2.68. The summed E-state index contributed by atoms with van der Waals surface area (Å²) in [5.74, 6) is 0. The molecule has 0 bridgehead atoms. The molecule has 0 spiro atoms. The fraction of sp³-hybridized carbons (Fsp3) is 0.0667. The van der Waals surface area contributed by atoms with Crippen LogP contribution in [0.5, 0.6) is 0 Å². The van der Waals surface area contributed by atoms with Gasteiger partial charge in [-0.3, -0.25) is 0 Å². The molecule has 2 aromatic rings. The Morgan fingerprint density at radius 2 is 1.44 bits per heavy atom. The van der Waals surface area contributed by atoms with Gasteiger partial charge < -0.3 is 0 Å². The van der Waals surface area contributed by atoms with E-state index in [1.165, 1.54) is 0 Å². The molecule has 0 aromatic heterocycles. The highest BCUT2D eigenvalue weighted by molar-refractivity contribution is 5.81. The van der Waals surface area contributed by atoms with E-state index in [0.717, 1.165) is 11.1 Å². The minimum absolute atomic E-state index is 0.446. The highest BCUT2D eigenvalue weighted by Crippen LogP contribution is 2.18. The first kappa shape index (κ1) is 10.6. The average Bonchev–Trinajstić information content (AvgIpc) is 2.38. The molecule has 2 rings (SSSR count). The minimum atomic E-state index is -0.446. The zero-order valence-electron chi connectivity index (χ0n) is 8.94. The molecule has 0 fully saturated rings. The third kappa shape index (κ3) is 2.57. The summed E-state index contributed by atoms with van der Waals surface area (Å²) < 4.78 is 13.0. The summed E-state index contributed by atoms with van der Waals surface area (Å²) in [6.45, 7) is -0.446. The van der Waals surface area contributed by atoms with Crippen molar-refractivity contribution < 1.29 is 4.39 Å². The van der Waals surface area contributed by atoms with Crippen molar-refractivity contribution in [3.63, 3.8) is 0 Å². The van der Waals surface area contributed by atoms with Gasteiger partial charge in [0.2, 0.25) is 0 Å². The van der Waals surface area contributed by atoms with Crippen LogP contribution in [0.25, 0.3) is 11.6 Å². The van der Waals surface area contributed by atoms with E-state index < -0.39 is 6.67 Å². The van der Waals surface area contributed by atoms with Crippen molar-refractivity contribution in [1.29, 1.82) is 0 Å². The Kier molecular flexibility index (Phi) is 3.50. The predicted molar refractivity (Wildman–Crippen MR) is 66.7 cm³/mol. The Balaban J connectivity index is 2.34. The van der Waals surface area contributed by atoms with Crippen LogP contribution in [0.3, 0.4) is 0 Å². The molecule has 2 aromatic carbocycles. The number of hydrogen-bond acceptors (Lipinski definition) is 0. The van der Waals surface area contributed by atoms with Crippen molar-refractivity contribution in [2.24, 2.45) is 0 Å². The Morgan fingerprint density at radius 3 is 2.00 bits per heavy atom. The number of halogens is 1. The first-order valence-corrected chi connectivity index (χ1v) is 5.27. The van der Waals surface area contributed by atoms with Crippen LogP contribution in [0.1, 0.15) is 11.1 Å². The van der Waals surface area contributed by atoms with E-state index in [9.17, 15) is 4.39 Å². The molecule has 0 saturated carbocycles. The molecule has 0 saturated heterocycles. The van der Waals surface area contributed by atoms with Crippen LogP contribution in [0.4, 0.5) is 4.39 Å². The molecule has 80 valence electrons. The molecular weight excluding hydrogens is 199 g/mol. The molecule has 0 aliphatic rings. The minimum Gasteiger partial charge on any atom is -0.246 e. The van der Waals surface area contributed by atoms with E-state index in [2.05, 4.69) is 0 Å². The average molecular weight is 212 g/mol. The predicted octanol–water partition coefficient (Wildman–Crippen LogP) is 4.20. The van der Waals surface area contributed by atoms with Crippen LogP contribution < -0.4 is 0 Å². The van der Waals surface area contributed by atoms with Gasteiger partial charge in [-0.05, 0) is 22.8 Å². The maximum atomic E-state index is 13.0. The third-order valence-electron chi connectivity index (χ3n) is 2.43. The van der Waals surface area contributed by atoms with Gasteiger partial charge in [0.15, 0.2) is 0 Å². The summed E-state index contributed by atoms with van der Waals surface area (Å²) in [4.78, 5) is 0. The van der Waals surface area contributed by atoms with E-state index in [-0.39, 0.29) is 0 Å². The van der Waals surface area contributed by atoms with E-state index in [4.69, 9.17) is 0 Å². The van der Waals surface area contributed by atoms with Crippen LogP contribution >= 0.6 is 0 Å². The van der Waals surface area contributed by atoms with Crippen LogP contribution in [0.15, 0.2) is 60.7 Å². The van der Waals surface area contributed by atoms with E-state index in [1.807, 2.05) is 66.7 Å². The maximum Gasteiger partial charge on any atom is 0.115 e. The van der Waals surface area contributed by atoms with Gasteiger partial charge in [0, 0.05) is 0 Å². The largest absolute Gasteiger partial charge is 0.246 e. The zero-order valence-corrected chi connectivity index (χ0v) is 8.94. The maximum absolute atomic E-state index is 13.0. The standard InChI is InChI=1S/C15H13F/c16-12-15(14-9-5-2-6-10-14)11-13-7-3-1-4-8-13/h1-11H,12H2/b15-11+. The molecule has 0 aliphatic heterocycles. The molecule has 0 atom stereocenters. The van der Waals surface area contributed by atoms with Gasteiger partial charge in [-0.15, -0.1) is 0 Å². The smallest absolute Gasteiger partial charge is 0.115 e. The lowest BCUT2D eigenvalue weighted by Gasteiger charge is -2.03. The first-order valence-electron chi connectivity index (χ1n) is 5.27. The van der Waals surface area contributed by atoms with Crippen molar-refractivity contribution in [1.82, 2.24) is 0 Å². The molecule has 0 nitrogen and oxygen atoms in total. The zero-order chi connectivity index (χ0) is 11.2. The summed E-state index contributed by atoms with van der Waals surface area (Å²) in [6, 6.07) is 19.4. The molecule has 0 heterocycles. The van der Waals surface area contributed by atoms with Gasteiger partial charge >= 0.3 is 0 Å². The molecule has 1 heteroatoms. The van der Waals surface area contributed by atoms with Crippen molar-refractivity contribution in [2.75, 3.05) is 6.67 Å². The number of alkyl halides is 1. The molecule has 0 radical (unpaired) electrons. The lowest BCUT2D eigenvalue weighted by molar-refractivity contribution is 0.572. The Morgan fingerprint density at radius 1 is 0.875 bits per heavy atom. The third-order valence-corrected chi connectivity index (χ3v) is 2.43. The highest BCUT2D eigenvalue weighted by atomic mass is 19.1. The summed E-state index contributed by atoms with van der Waals surface area (Å²) >= 11 is 0. The van der Waals surface area contributed by atoms with Gasteiger partial charge in [-0.2, -0.15) is 0 Å². The highest BCUT2D eigenvalue weighted by Gasteiger charge is 1.99. The van der Waals surface area contributed by atoms with Crippen molar-refractivity contribution in [3.8, 4) is 0 Å². The molecule has 0 unspecified atom stereocenters. The van der Waals surface area contributed by atoms with E-state index in [0.29, 0.717) is 5.57 Å². The second-order valence-electron chi connectivity index (χ2n) is 3.58. The van der Waals surface area contributed by atoms with Crippen molar-refractivity contribution in [2.45, 2.75) is 0 Å². The number of allylic oxidation sites excluding steroid dienone is 1. The van der Waals surface area contributed by atoms with Gasteiger partial charge in [-0.1, -0.05) is 60.7 Å². The van der Waals surface area contributed by atoms with Crippen LogP contribution in [0.2, 0.25) is 0 Å². The quantitative estimate of drug-likeness (QED) is 0.669. The van der Waals surface area contributed by atoms with Crippen molar-refractivity contribution in [3.05, 3.63) is 71.8 Å². The molecular formula is C15H13F. The van der Waals surface area contributed by atoms with Gasteiger partial charge in [-0.25, -0.2) is 4.39 Å². The fourth-order valence-corrected chi connectivity index (χ4v) is 1.60. The van der Waals surface area contributed by atoms with Crippen LogP contribution in [-0.2, 0) is 0 Å². The normalized spacial score (nSPS) is 11.4. The van der Waals surface area contributed by atoms with E-state index >= 15 is 0 Å². The SMILES string of the molecule is FC/C(=C\c1ccccc1)c1ccccc1. The second kappa shape index (κ2) is 5.26. The van der Waals surface area contributed by atoms with Crippen LogP contribution in [-0.4, -0.2) is 6.67 Å². The number of rotatable bonds is 3. The Hall–Kier alpha value is -1.89. The lowest BCUT2D eigenvalue weighted by Crippen LogP contribution is -1.86. The second-order valence-corrected chi connectivity index (χ2v) is 3.58. The molecule has 16 heavy (non-hydrogen) atoms. The van der Waals surface area contributed by atoms with Crippen LogP contribution in [0, 0.1) is 0 Å².